The Labute approximate surface area is 135 Å². The van der Waals surface area contributed by atoms with Crippen LogP contribution in [0.5, 0.6) is 0 Å². The Morgan fingerprint density at radius 1 is 1.30 bits per heavy atom. The highest BCUT2D eigenvalue weighted by molar-refractivity contribution is 5.93. The predicted molar refractivity (Wildman–Crippen MR) is 85.8 cm³/mol. The fourth-order valence-electron chi connectivity index (χ4n) is 2.82. The molecule has 0 radical (unpaired) electrons. The van der Waals surface area contributed by atoms with E-state index < -0.39 is 0 Å². The fourth-order valence-corrected chi connectivity index (χ4v) is 2.82. The minimum absolute atomic E-state index is 0.138. The first kappa shape index (κ1) is 15.7. The van der Waals surface area contributed by atoms with Crippen molar-refractivity contribution < 1.29 is 9.32 Å². The fraction of sp³-hybridized carbons (Fsp3) is 0.471. The van der Waals surface area contributed by atoms with Crippen LogP contribution in [0, 0.1) is 5.92 Å². The number of carbonyl (C=O) groups excluding carboxylic acids is 1. The van der Waals surface area contributed by atoms with Crippen LogP contribution >= 0.6 is 0 Å². The number of hydrogen-bond acceptors (Lipinski definition) is 5. The zero-order chi connectivity index (χ0) is 16.1. The Kier molecular flexibility index (Phi) is 5.02. The van der Waals surface area contributed by atoms with Crippen LogP contribution < -0.4 is 5.32 Å². The maximum atomic E-state index is 12.0. The zero-order valence-electron chi connectivity index (χ0n) is 13.4. The SMILES string of the molecule is CN1CCC(Cc2noc(CNC(=O)c3ccccc3)n2)CC1. The number of carbonyl (C=O) groups is 1. The number of piperidine rings is 1. The number of nitrogens with one attached hydrogen (secondary N) is 1. The van der Waals surface area contributed by atoms with E-state index in [0.717, 1.165) is 25.3 Å². The van der Waals surface area contributed by atoms with Gasteiger partial charge in [0.15, 0.2) is 5.82 Å². The van der Waals surface area contributed by atoms with E-state index in [0.29, 0.717) is 17.4 Å². The first-order valence-corrected chi connectivity index (χ1v) is 8.04. The quantitative estimate of drug-likeness (QED) is 0.912. The van der Waals surface area contributed by atoms with E-state index in [2.05, 4.69) is 27.4 Å². The molecule has 2 heterocycles. The molecule has 1 saturated heterocycles. The summed E-state index contributed by atoms with van der Waals surface area (Å²) in [4.78, 5) is 18.7. The summed E-state index contributed by atoms with van der Waals surface area (Å²) in [6.45, 7) is 2.51. The molecule has 1 aliphatic heterocycles. The molecule has 0 atom stereocenters. The van der Waals surface area contributed by atoms with Gasteiger partial charge in [-0.05, 0) is 51.0 Å². The van der Waals surface area contributed by atoms with Gasteiger partial charge in [-0.2, -0.15) is 4.98 Å². The molecule has 6 heteroatoms. The topological polar surface area (TPSA) is 71.3 Å². The van der Waals surface area contributed by atoms with Gasteiger partial charge in [0.25, 0.3) is 5.91 Å². The van der Waals surface area contributed by atoms with Crippen LogP contribution in [-0.2, 0) is 13.0 Å². The van der Waals surface area contributed by atoms with Crippen LogP contribution in [0.1, 0.15) is 34.9 Å². The summed E-state index contributed by atoms with van der Waals surface area (Å²) < 4.78 is 5.23. The monoisotopic (exact) mass is 314 g/mol. The highest BCUT2D eigenvalue weighted by atomic mass is 16.5. The van der Waals surface area contributed by atoms with Gasteiger partial charge in [0.2, 0.25) is 5.89 Å². The molecule has 0 spiro atoms. The summed E-state index contributed by atoms with van der Waals surface area (Å²) in [5.41, 5.74) is 0.624. The Hall–Kier alpha value is -2.21. The van der Waals surface area contributed by atoms with Gasteiger partial charge in [0, 0.05) is 12.0 Å². The second kappa shape index (κ2) is 7.37. The highest BCUT2D eigenvalue weighted by Crippen LogP contribution is 2.19. The average Bonchev–Trinajstić information content (AvgIpc) is 3.03. The third kappa shape index (κ3) is 4.39. The van der Waals surface area contributed by atoms with E-state index in [4.69, 9.17) is 4.52 Å². The van der Waals surface area contributed by atoms with Crippen LogP contribution in [0.15, 0.2) is 34.9 Å². The molecule has 122 valence electrons. The summed E-state index contributed by atoms with van der Waals surface area (Å²) in [7, 11) is 2.15. The van der Waals surface area contributed by atoms with Crippen molar-refractivity contribution in [1.29, 1.82) is 0 Å². The van der Waals surface area contributed by atoms with Crippen molar-refractivity contribution in [3.05, 3.63) is 47.6 Å². The molecule has 2 aromatic rings. The summed E-state index contributed by atoms with van der Waals surface area (Å²) in [5.74, 6) is 1.68. The zero-order valence-corrected chi connectivity index (χ0v) is 13.4. The molecule has 23 heavy (non-hydrogen) atoms. The maximum absolute atomic E-state index is 12.0. The van der Waals surface area contributed by atoms with Gasteiger partial charge in [-0.15, -0.1) is 0 Å². The number of rotatable bonds is 5. The lowest BCUT2D eigenvalue weighted by Gasteiger charge is -2.27. The van der Waals surface area contributed by atoms with Gasteiger partial charge in [-0.3, -0.25) is 4.79 Å². The molecule has 6 nitrogen and oxygen atoms in total. The summed E-state index contributed by atoms with van der Waals surface area (Å²) in [6.07, 6.45) is 3.19. The van der Waals surface area contributed by atoms with Crippen molar-refractivity contribution >= 4 is 5.91 Å². The Balaban J connectivity index is 1.48. The average molecular weight is 314 g/mol. The molecular formula is C17H22N4O2. The van der Waals surface area contributed by atoms with Crippen molar-refractivity contribution in [3.8, 4) is 0 Å². The van der Waals surface area contributed by atoms with Gasteiger partial charge < -0.3 is 14.7 Å². The summed E-state index contributed by atoms with van der Waals surface area (Å²) in [5, 5.41) is 6.83. The third-order valence-corrected chi connectivity index (χ3v) is 4.26. The molecule has 1 amide bonds. The lowest BCUT2D eigenvalue weighted by molar-refractivity contribution is 0.0946. The van der Waals surface area contributed by atoms with E-state index in [1.54, 1.807) is 12.1 Å². The minimum atomic E-state index is -0.138. The lowest BCUT2D eigenvalue weighted by atomic mass is 9.94. The van der Waals surface area contributed by atoms with Crippen molar-refractivity contribution in [2.45, 2.75) is 25.8 Å². The number of hydrogen-bond donors (Lipinski definition) is 1. The van der Waals surface area contributed by atoms with E-state index in [1.165, 1.54) is 12.8 Å². The van der Waals surface area contributed by atoms with Crippen molar-refractivity contribution in [1.82, 2.24) is 20.4 Å². The van der Waals surface area contributed by atoms with Crippen LogP contribution in [0.25, 0.3) is 0 Å². The predicted octanol–water partition coefficient (Wildman–Crippen LogP) is 1.88. The molecular weight excluding hydrogens is 292 g/mol. The molecule has 0 aliphatic carbocycles. The Bertz CT molecular complexity index is 633. The maximum Gasteiger partial charge on any atom is 0.251 e. The molecule has 3 rings (SSSR count). The van der Waals surface area contributed by atoms with E-state index in [1.807, 2.05) is 18.2 Å². The molecule has 0 bridgehead atoms. The van der Waals surface area contributed by atoms with Gasteiger partial charge in [0.05, 0.1) is 6.54 Å². The molecule has 1 aromatic carbocycles. The first-order chi connectivity index (χ1) is 11.2. The van der Waals surface area contributed by atoms with Crippen LogP contribution in [0.4, 0.5) is 0 Å². The largest absolute Gasteiger partial charge is 0.343 e. The van der Waals surface area contributed by atoms with Crippen LogP contribution in [-0.4, -0.2) is 41.1 Å². The van der Waals surface area contributed by atoms with Gasteiger partial charge in [0.1, 0.15) is 0 Å². The van der Waals surface area contributed by atoms with Gasteiger partial charge in [-0.1, -0.05) is 23.4 Å². The standard InChI is InChI=1S/C17H22N4O2/c1-21-9-7-13(8-10-21)11-15-19-16(23-20-15)12-18-17(22)14-5-3-2-4-6-14/h2-6,13H,7-12H2,1H3,(H,18,22). The Morgan fingerprint density at radius 2 is 2.04 bits per heavy atom. The molecule has 1 aliphatic rings. The van der Waals surface area contributed by atoms with Crippen molar-refractivity contribution in [2.75, 3.05) is 20.1 Å². The second-order valence-corrected chi connectivity index (χ2v) is 6.10. The second-order valence-electron chi connectivity index (χ2n) is 6.10. The minimum Gasteiger partial charge on any atom is -0.343 e. The van der Waals surface area contributed by atoms with Gasteiger partial charge in [-0.25, -0.2) is 0 Å². The smallest absolute Gasteiger partial charge is 0.251 e. The van der Waals surface area contributed by atoms with Gasteiger partial charge >= 0.3 is 0 Å². The summed E-state index contributed by atoms with van der Waals surface area (Å²) in [6, 6.07) is 9.09. The van der Waals surface area contributed by atoms with E-state index in [-0.39, 0.29) is 12.5 Å². The normalized spacial score (nSPS) is 16.4. The number of nitrogens with zero attached hydrogens (tertiary/aromatic N) is 3. The molecule has 1 fully saturated rings. The molecule has 1 N–H and O–H groups in total. The lowest BCUT2D eigenvalue weighted by Crippen LogP contribution is -2.31. The molecule has 0 saturated carbocycles. The Morgan fingerprint density at radius 3 is 2.78 bits per heavy atom. The highest BCUT2D eigenvalue weighted by Gasteiger charge is 2.19. The van der Waals surface area contributed by atoms with E-state index in [9.17, 15) is 4.79 Å². The summed E-state index contributed by atoms with van der Waals surface area (Å²) >= 11 is 0. The molecule has 1 aromatic heterocycles. The first-order valence-electron chi connectivity index (χ1n) is 8.04. The third-order valence-electron chi connectivity index (χ3n) is 4.26. The number of aromatic nitrogens is 2. The van der Waals surface area contributed by atoms with Crippen LogP contribution in [0.2, 0.25) is 0 Å². The van der Waals surface area contributed by atoms with Crippen LogP contribution in [0.3, 0.4) is 0 Å². The number of likely N-dealkylation sites (tertiary alicyclic amines) is 1. The van der Waals surface area contributed by atoms with E-state index >= 15 is 0 Å². The molecule has 0 unspecified atom stereocenters. The van der Waals surface area contributed by atoms with Crippen molar-refractivity contribution in [3.63, 3.8) is 0 Å². The van der Waals surface area contributed by atoms with Crippen molar-refractivity contribution in [2.24, 2.45) is 5.92 Å². The number of amides is 1. The number of benzene rings is 1.